The Labute approximate surface area is 144 Å². The molecule has 120 valence electrons. The predicted molar refractivity (Wildman–Crippen MR) is 91.5 cm³/mol. The van der Waals surface area contributed by atoms with E-state index >= 15 is 0 Å². The first-order valence-electron chi connectivity index (χ1n) is 6.94. The molecule has 2 aromatic carbocycles. The quantitative estimate of drug-likeness (QED) is 0.610. The monoisotopic (exact) mass is 351 g/mol. The molecule has 0 atom stereocenters. The van der Waals surface area contributed by atoms with Crippen LogP contribution < -0.4 is 5.32 Å². The number of carbonyl (C=O) groups excluding carboxylic acids is 2. The number of rotatable bonds is 5. The summed E-state index contributed by atoms with van der Waals surface area (Å²) in [7, 11) is 0. The molecule has 0 radical (unpaired) electrons. The van der Waals surface area contributed by atoms with Gasteiger partial charge in [-0.05, 0) is 19.1 Å². The summed E-state index contributed by atoms with van der Waals surface area (Å²) in [6.45, 7) is 1.94. The summed E-state index contributed by atoms with van der Waals surface area (Å²) in [5.41, 5.74) is 2.02. The van der Waals surface area contributed by atoms with Crippen molar-refractivity contribution in [3.05, 3.63) is 57.6 Å². The van der Waals surface area contributed by atoms with Crippen molar-refractivity contribution < 1.29 is 14.7 Å². The van der Waals surface area contributed by atoms with Gasteiger partial charge in [-0.25, -0.2) is 0 Å². The molecule has 23 heavy (non-hydrogen) atoms. The van der Waals surface area contributed by atoms with E-state index in [0.717, 1.165) is 5.56 Å². The number of phenols is 1. The van der Waals surface area contributed by atoms with Crippen molar-refractivity contribution in [2.75, 3.05) is 5.32 Å². The Balaban J connectivity index is 1.92. The minimum absolute atomic E-state index is 0.0445. The minimum Gasteiger partial charge on any atom is -0.505 e. The molecule has 0 spiro atoms. The number of Topliss-reactive ketones (excluding diaryl/α,β-unsaturated/α-hetero) is 1. The zero-order valence-corrected chi connectivity index (χ0v) is 13.9. The third kappa shape index (κ3) is 4.71. The number of hydrogen-bond donors (Lipinski definition) is 2. The minimum atomic E-state index is -0.330. The topological polar surface area (TPSA) is 66.4 Å². The van der Waals surface area contributed by atoms with Gasteiger partial charge in [-0.2, -0.15) is 0 Å². The fourth-order valence-corrected chi connectivity index (χ4v) is 2.46. The summed E-state index contributed by atoms with van der Waals surface area (Å²) in [6, 6.07) is 9.98. The molecule has 0 unspecified atom stereocenters. The van der Waals surface area contributed by atoms with Crippen LogP contribution in [0.25, 0.3) is 0 Å². The second kappa shape index (κ2) is 7.49. The lowest BCUT2D eigenvalue weighted by molar-refractivity contribution is -0.116. The standard InChI is InChI=1S/C17H15Cl2NO3/c1-10-2-4-11(5-3-10)15(21)6-7-16(22)20-12-8-13(18)17(23)14(19)9-12/h2-5,8-9,23H,6-7H2,1H3,(H,20,22). The summed E-state index contributed by atoms with van der Waals surface area (Å²) in [6.07, 6.45) is 0.150. The fraction of sp³-hybridized carbons (Fsp3) is 0.176. The number of halogens is 2. The second-order valence-corrected chi connectivity index (χ2v) is 5.94. The molecule has 6 heteroatoms. The second-order valence-electron chi connectivity index (χ2n) is 5.13. The first-order chi connectivity index (χ1) is 10.9. The van der Waals surface area contributed by atoms with E-state index in [2.05, 4.69) is 5.32 Å². The van der Waals surface area contributed by atoms with Gasteiger partial charge in [0.25, 0.3) is 0 Å². The van der Waals surface area contributed by atoms with E-state index in [4.69, 9.17) is 23.2 Å². The zero-order valence-electron chi connectivity index (χ0n) is 12.4. The maximum atomic E-state index is 12.0. The predicted octanol–water partition coefficient (Wildman–Crippen LogP) is 4.61. The number of nitrogens with one attached hydrogen (secondary N) is 1. The number of aryl methyl sites for hydroxylation is 1. The average Bonchev–Trinajstić information content (AvgIpc) is 2.51. The van der Waals surface area contributed by atoms with Crippen molar-refractivity contribution in [1.82, 2.24) is 0 Å². The molecule has 0 saturated heterocycles. The molecule has 1 amide bonds. The molecule has 2 rings (SSSR count). The Hall–Kier alpha value is -2.04. The number of anilines is 1. The molecule has 0 aliphatic heterocycles. The lowest BCUT2D eigenvalue weighted by atomic mass is 10.0. The molecule has 0 saturated carbocycles. The molecule has 0 fully saturated rings. The van der Waals surface area contributed by atoms with Gasteiger partial charge in [0, 0.05) is 24.1 Å². The smallest absolute Gasteiger partial charge is 0.224 e. The van der Waals surface area contributed by atoms with Gasteiger partial charge in [-0.15, -0.1) is 0 Å². The van der Waals surface area contributed by atoms with Gasteiger partial charge < -0.3 is 10.4 Å². The van der Waals surface area contributed by atoms with Crippen molar-refractivity contribution >= 4 is 40.6 Å². The number of phenolic OH excluding ortho intramolecular Hbond substituents is 1. The SMILES string of the molecule is Cc1ccc(C(=O)CCC(=O)Nc2cc(Cl)c(O)c(Cl)c2)cc1. The highest BCUT2D eigenvalue weighted by atomic mass is 35.5. The van der Waals surface area contributed by atoms with Gasteiger partial charge in [0.2, 0.25) is 5.91 Å². The number of hydrogen-bond acceptors (Lipinski definition) is 3. The molecular formula is C17H15Cl2NO3. The molecule has 2 N–H and O–H groups in total. The number of aromatic hydroxyl groups is 1. The third-order valence-corrected chi connectivity index (χ3v) is 3.83. The zero-order chi connectivity index (χ0) is 17.0. The molecule has 4 nitrogen and oxygen atoms in total. The van der Waals surface area contributed by atoms with Crippen LogP contribution in [-0.2, 0) is 4.79 Å². The largest absolute Gasteiger partial charge is 0.505 e. The molecule has 2 aromatic rings. The van der Waals surface area contributed by atoms with Crippen molar-refractivity contribution in [2.24, 2.45) is 0 Å². The van der Waals surface area contributed by atoms with E-state index in [0.29, 0.717) is 11.3 Å². The maximum absolute atomic E-state index is 12.0. The van der Waals surface area contributed by atoms with Crippen LogP contribution in [0.2, 0.25) is 10.0 Å². The number of carbonyl (C=O) groups is 2. The van der Waals surface area contributed by atoms with Crippen molar-refractivity contribution in [3.63, 3.8) is 0 Å². The number of benzene rings is 2. The summed E-state index contributed by atoms with van der Waals surface area (Å²) in [4.78, 5) is 23.9. The summed E-state index contributed by atoms with van der Waals surface area (Å²) < 4.78 is 0. The summed E-state index contributed by atoms with van der Waals surface area (Å²) >= 11 is 11.6. The van der Waals surface area contributed by atoms with Gasteiger partial charge in [-0.1, -0.05) is 53.0 Å². The Morgan fingerprint density at radius 2 is 1.61 bits per heavy atom. The first kappa shape index (κ1) is 17.3. The molecule has 0 heterocycles. The van der Waals surface area contributed by atoms with Crippen LogP contribution in [0.5, 0.6) is 5.75 Å². The van der Waals surface area contributed by atoms with Crippen LogP contribution in [0.3, 0.4) is 0 Å². The van der Waals surface area contributed by atoms with Crippen LogP contribution >= 0.6 is 23.2 Å². The van der Waals surface area contributed by atoms with Crippen LogP contribution in [0.15, 0.2) is 36.4 Å². The van der Waals surface area contributed by atoms with Crippen molar-refractivity contribution in [2.45, 2.75) is 19.8 Å². The van der Waals surface area contributed by atoms with E-state index in [9.17, 15) is 14.7 Å². The Morgan fingerprint density at radius 1 is 1.04 bits per heavy atom. The van der Waals surface area contributed by atoms with Crippen LogP contribution in [-0.4, -0.2) is 16.8 Å². The van der Waals surface area contributed by atoms with Crippen molar-refractivity contribution in [3.8, 4) is 5.75 Å². The van der Waals surface area contributed by atoms with Crippen LogP contribution in [0.1, 0.15) is 28.8 Å². The number of amides is 1. The van der Waals surface area contributed by atoms with E-state index in [1.165, 1.54) is 12.1 Å². The Bertz CT molecular complexity index is 719. The first-order valence-corrected chi connectivity index (χ1v) is 7.70. The van der Waals surface area contributed by atoms with Crippen molar-refractivity contribution in [1.29, 1.82) is 0 Å². The Kier molecular flexibility index (Phi) is 5.64. The molecule has 0 bridgehead atoms. The molecule has 0 aliphatic carbocycles. The third-order valence-electron chi connectivity index (χ3n) is 3.25. The normalized spacial score (nSPS) is 10.4. The summed E-state index contributed by atoms with van der Waals surface area (Å²) in [5, 5.41) is 12.2. The summed E-state index contributed by atoms with van der Waals surface area (Å²) in [5.74, 6) is -0.661. The fourth-order valence-electron chi connectivity index (χ4n) is 1.97. The maximum Gasteiger partial charge on any atom is 0.224 e. The molecule has 0 aromatic heterocycles. The van der Waals surface area contributed by atoms with Crippen LogP contribution in [0.4, 0.5) is 5.69 Å². The average molecular weight is 352 g/mol. The van der Waals surface area contributed by atoms with E-state index in [1.54, 1.807) is 12.1 Å². The lowest BCUT2D eigenvalue weighted by Crippen LogP contribution is -2.13. The van der Waals surface area contributed by atoms with Gasteiger partial charge in [0.15, 0.2) is 11.5 Å². The number of ketones is 1. The Morgan fingerprint density at radius 3 is 2.17 bits per heavy atom. The lowest BCUT2D eigenvalue weighted by Gasteiger charge is -2.08. The van der Waals surface area contributed by atoms with E-state index in [1.807, 2.05) is 19.1 Å². The van der Waals surface area contributed by atoms with Gasteiger partial charge >= 0.3 is 0 Å². The van der Waals surface area contributed by atoms with Gasteiger partial charge in [-0.3, -0.25) is 9.59 Å². The molecule has 0 aliphatic rings. The van der Waals surface area contributed by atoms with Gasteiger partial charge in [0.05, 0.1) is 10.0 Å². The van der Waals surface area contributed by atoms with E-state index < -0.39 is 0 Å². The van der Waals surface area contributed by atoms with Crippen LogP contribution in [0, 0.1) is 6.92 Å². The highest BCUT2D eigenvalue weighted by Gasteiger charge is 2.12. The highest BCUT2D eigenvalue weighted by molar-refractivity contribution is 6.37. The van der Waals surface area contributed by atoms with Gasteiger partial charge in [0.1, 0.15) is 0 Å². The molecular weight excluding hydrogens is 337 g/mol. The highest BCUT2D eigenvalue weighted by Crippen LogP contribution is 2.34. The van der Waals surface area contributed by atoms with E-state index in [-0.39, 0.29) is 40.3 Å².